The number of aliphatic hydroxyl groups excluding tert-OH is 1. The fourth-order valence-corrected chi connectivity index (χ4v) is 2.28. The van der Waals surface area contributed by atoms with E-state index in [9.17, 15) is 9.90 Å². The van der Waals surface area contributed by atoms with E-state index < -0.39 is 0 Å². The molecule has 1 saturated heterocycles. The summed E-state index contributed by atoms with van der Waals surface area (Å²) in [6.45, 7) is 12.6. The predicted octanol–water partition coefficient (Wildman–Crippen LogP) is 3.24. The number of β-amino-alcohol motifs (C(OH)–C–C–N with tert-alkyl or cyclic N) is 1. The van der Waals surface area contributed by atoms with Gasteiger partial charge in [0.1, 0.15) is 5.78 Å². The van der Waals surface area contributed by atoms with Gasteiger partial charge in [0.2, 0.25) is 0 Å². The van der Waals surface area contributed by atoms with Crippen LogP contribution >= 0.6 is 0 Å². The molecule has 0 amide bonds. The van der Waals surface area contributed by atoms with E-state index >= 15 is 0 Å². The molecule has 1 unspecified atom stereocenters. The van der Waals surface area contributed by atoms with Crippen LogP contribution in [0.15, 0.2) is 30.3 Å². The molecule has 1 aromatic carbocycles. The van der Waals surface area contributed by atoms with Crippen LogP contribution in [0.2, 0.25) is 0 Å². The standard InChI is InChI=1S/C11H15NO.C6H15N.C3H6O/c13-11-6-7-12(9-11)8-10-4-2-1-3-5-10;1-3-5-7-6-4-2;1-3(2)4/h1-5,11,13H,6-9H2;7H,3-6H2,1-2H3;1-2H3. The zero-order valence-electron chi connectivity index (χ0n) is 15.9. The van der Waals surface area contributed by atoms with Crippen LogP contribution < -0.4 is 5.32 Å². The number of hydrogen-bond acceptors (Lipinski definition) is 4. The Morgan fingerprint density at radius 3 is 2.12 bits per heavy atom. The number of hydrogen-bond donors (Lipinski definition) is 2. The van der Waals surface area contributed by atoms with E-state index in [0.717, 1.165) is 26.1 Å². The van der Waals surface area contributed by atoms with Gasteiger partial charge in [-0.2, -0.15) is 0 Å². The van der Waals surface area contributed by atoms with Crippen LogP contribution in [0, 0.1) is 0 Å². The number of Topliss-reactive ketones (excluding diaryl/α,β-unsaturated/α-hetero) is 1. The van der Waals surface area contributed by atoms with Gasteiger partial charge in [-0.3, -0.25) is 4.90 Å². The molecule has 0 bridgehead atoms. The van der Waals surface area contributed by atoms with Crippen LogP contribution in [0.25, 0.3) is 0 Å². The van der Waals surface area contributed by atoms with Gasteiger partial charge in [-0.05, 0) is 51.8 Å². The predicted molar refractivity (Wildman–Crippen MR) is 102 cm³/mol. The largest absolute Gasteiger partial charge is 0.392 e. The SMILES string of the molecule is CC(C)=O.CCCNCCC.OC1CCN(Cc2ccccc2)C1. The topological polar surface area (TPSA) is 52.6 Å². The number of likely N-dealkylation sites (tertiary alicyclic amines) is 1. The third-order valence-corrected chi connectivity index (χ3v) is 3.35. The Hall–Kier alpha value is -1.23. The molecule has 2 N–H and O–H groups in total. The molecule has 1 heterocycles. The molecular weight excluding hydrogens is 300 g/mol. The highest BCUT2D eigenvalue weighted by atomic mass is 16.3. The summed E-state index contributed by atoms with van der Waals surface area (Å²) in [5, 5.41) is 12.6. The second kappa shape index (κ2) is 15.3. The molecule has 1 fully saturated rings. The highest BCUT2D eigenvalue weighted by Gasteiger charge is 2.19. The number of benzene rings is 1. The van der Waals surface area contributed by atoms with Gasteiger partial charge in [0.15, 0.2) is 0 Å². The van der Waals surface area contributed by atoms with E-state index in [-0.39, 0.29) is 11.9 Å². The van der Waals surface area contributed by atoms with Crippen molar-refractivity contribution < 1.29 is 9.90 Å². The van der Waals surface area contributed by atoms with Crippen LogP contribution in [0.5, 0.6) is 0 Å². The van der Waals surface area contributed by atoms with Gasteiger partial charge in [-0.15, -0.1) is 0 Å². The van der Waals surface area contributed by atoms with Crippen LogP contribution in [-0.4, -0.2) is 48.1 Å². The van der Waals surface area contributed by atoms with E-state index in [1.807, 2.05) is 6.07 Å². The molecule has 4 heteroatoms. The highest BCUT2D eigenvalue weighted by molar-refractivity contribution is 5.72. The minimum atomic E-state index is -0.108. The van der Waals surface area contributed by atoms with Gasteiger partial charge in [0, 0.05) is 19.6 Å². The van der Waals surface area contributed by atoms with Crippen molar-refractivity contribution >= 4 is 5.78 Å². The maximum absolute atomic E-state index is 9.44. The Morgan fingerprint density at radius 2 is 1.71 bits per heavy atom. The quantitative estimate of drug-likeness (QED) is 0.783. The Bertz CT molecular complexity index is 401. The van der Waals surface area contributed by atoms with Crippen molar-refractivity contribution in [1.82, 2.24) is 10.2 Å². The van der Waals surface area contributed by atoms with Crippen LogP contribution in [0.4, 0.5) is 0 Å². The summed E-state index contributed by atoms with van der Waals surface area (Å²) < 4.78 is 0. The number of nitrogens with one attached hydrogen (secondary N) is 1. The molecule has 0 aromatic heterocycles. The first kappa shape index (κ1) is 22.8. The van der Waals surface area contributed by atoms with Gasteiger partial charge in [-0.25, -0.2) is 0 Å². The van der Waals surface area contributed by atoms with Gasteiger partial charge in [0.25, 0.3) is 0 Å². The van der Waals surface area contributed by atoms with Crippen molar-refractivity contribution in [3.05, 3.63) is 35.9 Å². The lowest BCUT2D eigenvalue weighted by molar-refractivity contribution is -0.114. The summed E-state index contributed by atoms with van der Waals surface area (Å²) in [6.07, 6.45) is 3.32. The molecule has 24 heavy (non-hydrogen) atoms. The highest BCUT2D eigenvalue weighted by Crippen LogP contribution is 2.12. The first-order valence-corrected chi connectivity index (χ1v) is 9.11. The molecule has 1 atom stereocenters. The first-order valence-electron chi connectivity index (χ1n) is 9.11. The summed E-state index contributed by atoms with van der Waals surface area (Å²) >= 11 is 0. The average molecular weight is 337 g/mol. The molecule has 0 spiro atoms. The number of ketones is 1. The fourth-order valence-electron chi connectivity index (χ4n) is 2.28. The third kappa shape index (κ3) is 14.4. The summed E-state index contributed by atoms with van der Waals surface area (Å²) in [4.78, 5) is 11.7. The molecule has 2 rings (SSSR count). The Kier molecular flexibility index (Phi) is 14.5. The minimum absolute atomic E-state index is 0.108. The summed E-state index contributed by atoms with van der Waals surface area (Å²) in [5.74, 6) is 0.167. The molecular formula is C20H36N2O2. The molecule has 0 radical (unpaired) electrons. The Morgan fingerprint density at radius 1 is 1.17 bits per heavy atom. The number of carbonyl (C=O) groups excluding carboxylic acids is 1. The van der Waals surface area contributed by atoms with Crippen molar-refractivity contribution in [2.24, 2.45) is 0 Å². The lowest BCUT2D eigenvalue weighted by atomic mass is 10.2. The third-order valence-electron chi connectivity index (χ3n) is 3.35. The van der Waals surface area contributed by atoms with Crippen molar-refractivity contribution in [3.63, 3.8) is 0 Å². The second-order valence-electron chi connectivity index (χ2n) is 6.32. The first-order chi connectivity index (χ1) is 11.5. The molecule has 1 aliphatic heterocycles. The smallest absolute Gasteiger partial charge is 0.126 e. The molecule has 0 aliphatic carbocycles. The zero-order chi connectivity index (χ0) is 18.2. The Balaban J connectivity index is 0.000000408. The Labute approximate surface area is 148 Å². The minimum Gasteiger partial charge on any atom is -0.392 e. The summed E-state index contributed by atoms with van der Waals surface area (Å²) in [5.41, 5.74) is 1.33. The molecule has 1 aliphatic rings. The van der Waals surface area contributed by atoms with Gasteiger partial charge >= 0.3 is 0 Å². The van der Waals surface area contributed by atoms with Crippen LogP contribution in [0.3, 0.4) is 0 Å². The van der Waals surface area contributed by atoms with Crippen molar-refractivity contribution in [1.29, 1.82) is 0 Å². The monoisotopic (exact) mass is 336 g/mol. The fraction of sp³-hybridized carbons (Fsp3) is 0.650. The zero-order valence-corrected chi connectivity index (χ0v) is 15.9. The van der Waals surface area contributed by atoms with Gasteiger partial charge < -0.3 is 15.2 Å². The van der Waals surface area contributed by atoms with Crippen LogP contribution in [0.1, 0.15) is 52.5 Å². The van der Waals surface area contributed by atoms with Crippen molar-refractivity contribution in [2.75, 3.05) is 26.2 Å². The lowest BCUT2D eigenvalue weighted by Gasteiger charge is -2.14. The number of rotatable bonds is 6. The number of aliphatic hydroxyl groups is 1. The molecule has 0 saturated carbocycles. The summed E-state index contributed by atoms with van der Waals surface area (Å²) in [6, 6.07) is 10.4. The molecule has 4 nitrogen and oxygen atoms in total. The van der Waals surface area contributed by atoms with Gasteiger partial charge in [0.05, 0.1) is 6.10 Å². The van der Waals surface area contributed by atoms with Gasteiger partial charge in [-0.1, -0.05) is 44.2 Å². The van der Waals surface area contributed by atoms with Crippen LogP contribution in [-0.2, 0) is 11.3 Å². The number of carbonyl (C=O) groups is 1. The molecule has 1 aromatic rings. The average Bonchev–Trinajstić information content (AvgIpc) is 2.94. The number of nitrogens with zero attached hydrogens (tertiary/aromatic N) is 1. The van der Waals surface area contributed by atoms with E-state index in [1.165, 1.54) is 45.3 Å². The van der Waals surface area contributed by atoms with Crippen molar-refractivity contribution in [2.45, 2.75) is 59.6 Å². The maximum atomic E-state index is 9.44. The van der Waals surface area contributed by atoms with E-state index in [2.05, 4.69) is 48.3 Å². The molecule has 138 valence electrons. The lowest BCUT2D eigenvalue weighted by Crippen LogP contribution is -2.21. The van der Waals surface area contributed by atoms with E-state index in [4.69, 9.17) is 0 Å². The normalized spacial score (nSPS) is 16.6. The van der Waals surface area contributed by atoms with E-state index in [1.54, 1.807) is 0 Å². The maximum Gasteiger partial charge on any atom is 0.126 e. The summed E-state index contributed by atoms with van der Waals surface area (Å²) in [7, 11) is 0. The van der Waals surface area contributed by atoms with E-state index in [0.29, 0.717) is 0 Å². The second-order valence-corrected chi connectivity index (χ2v) is 6.32. The van der Waals surface area contributed by atoms with Crippen molar-refractivity contribution in [3.8, 4) is 0 Å².